The number of amides is 1. The van der Waals surface area contributed by atoms with Gasteiger partial charge in [0.15, 0.2) is 0 Å². The molecular formula is C25H30N4O3S. The average molecular weight is 467 g/mol. The lowest BCUT2D eigenvalue weighted by molar-refractivity contribution is 0.102. The topological polar surface area (TPSA) is 84.3 Å². The highest BCUT2D eigenvalue weighted by Gasteiger charge is 2.27. The Morgan fingerprint density at radius 3 is 2.52 bits per heavy atom. The van der Waals surface area contributed by atoms with E-state index >= 15 is 0 Å². The van der Waals surface area contributed by atoms with E-state index < -0.39 is 10.0 Å². The van der Waals surface area contributed by atoms with Crippen LogP contribution in [-0.2, 0) is 23.0 Å². The molecule has 0 unspecified atom stereocenters. The number of hydrogen-bond acceptors (Lipinski definition) is 4. The largest absolute Gasteiger partial charge is 0.328 e. The van der Waals surface area contributed by atoms with Crippen molar-refractivity contribution in [2.75, 3.05) is 18.4 Å². The van der Waals surface area contributed by atoms with E-state index in [1.807, 2.05) is 25.1 Å². The van der Waals surface area contributed by atoms with Gasteiger partial charge in [0.05, 0.1) is 15.9 Å². The van der Waals surface area contributed by atoms with E-state index in [-0.39, 0.29) is 10.8 Å². The number of imidazole rings is 1. The molecule has 0 bridgehead atoms. The minimum absolute atomic E-state index is 0.174. The van der Waals surface area contributed by atoms with Crippen molar-refractivity contribution in [1.82, 2.24) is 13.9 Å². The molecule has 2 aliphatic rings. The zero-order chi connectivity index (χ0) is 23.0. The molecular weight excluding hydrogens is 436 g/mol. The molecule has 174 valence electrons. The number of aromatic nitrogens is 2. The van der Waals surface area contributed by atoms with Crippen LogP contribution in [0.15, 0.2) is 41.3 Å². The van der Waals surface area contributed by atoms with Gasteiger partial charge in [-0.15, -0.1) is 0 Å². The normalized spacial score (nSPS) is 17.5. The fraction of sp³-hybridized carbons (Fsp3) is 0.440. The lowest BCUT2D eigenvalue weighted by atomic mass is 10.1. The third-order valence-corrected chi connectivity index (χ3v) is 8.67. The van der Waals surface area contributed by atoms with E-state index in [0.717, 1.165) is 67.5 Å². The summed E-state index contributed by atoms with van der Waals surface area (Å²) in [6.07, 6.45) is 7.32. The first-order chi connectivity index (χ1) is 15.9. The van der Waals surface area contributed by atoms with Crippen molar-refractivity contribution in [3.05, 3.63) is 53.3 Å². The van der Waals surface area contributed by atoms with E-state index in [1.54, 1.807) is 12.1 Å². The van der Waals surface area contributed by atoms with Crippen LogP contribution in [0.25, 0.3) is 11.0 Å². The minimum atomic E-state index is -3.60. The summed E-state index contributed by atoms with van der Waals surface area (Å²) < 4.78 is 30.0. The molecule has 0 atom stereocenters. The van der Waals surface area contributed by atoms with E-state index in [0.29, 0.717) is 24.3 Å². The van der Waals surface area contributed by atoms with E-state index in [9.17, 15) is 13.2 Å². The van der Waals surface area contributed by atoms with Gasteiger partial charge in [0, 0.05) is 37.3 Å². The number of carbonyl (C=O) groups excluding carboxylic acids is 1. The summed E-state index contributed by atoms with van der Waals surface area (Å²) in [4.78, 5) is 18.1. The number of benzene rings is 2. The van der Waals surface area contributed by atoms with Gasteiger partial charge in [-0.25, -0.2) is 13.4 Å². The molecule has 1 aromatic heterocycles. The maximum atomic E-state index is 13.1. The van der Waals surface area contributed by atoms with Crippen LogP contribution in [0.5, 0.6) is 0 Å². The number of nitrogens with zero attached hydrogens (tertiary/aromatic N) is 3. The van der Waals surface area contributed by atoms with Gasteiger partial charge in [0.2, 0.25) is 10.0 Å². The average Bonchev–Trinajstić information content (AvgIpc) is 2.99. The molecule has 0 aliphatic carbocycles. The highest BCUT2D eigenvalue weighted by Crippen LogP contribution is 2.26. The van der Waals surface area contributed by atoms with Crippen molar-refractivity contribution in [3.8, 4) is 0 Å². The van der Waals surface area contributed by atoms with E-state index in [4.69, 9.17) is 4.98 Å². The fourth-order valence-electron chi connectivity index (χ4n) is 4.89. The SMILES string of the molecule is Cc1ccc(S(=O)(=O)N2CCCCC2)cc1C(=O)Nc1ccc2c(c1)nc1n2CCCCC1. The Bertz CT molecular complexity index is 1310. The number of aryl methyl sites for hydroxylation is 3. The van der Waals surface area contributed by atoms with Gasteiger partial charge in [-0.2, -0.15) is 4.31 Å². The first-order valence-corrected chi connectivity index (χ1v) is 13.3. The Hall–Kier alpha value is -2.71. The third kappa shape index (κ3) is 4.29. The molecule has 2 aliphatic heterocycles. The zero-order valence-electron chi connectivity index (χ0n) is 19.0. The summed E-state index contributed by atoms with van der Waals surface area (Å²) in [5.41, 5.74) is 3.73. The van der Waals surface area contributed by atoms with Gasteiger partial charge < -0.3 is 9.88 Å². The molecule has 0 saturated carbocycles. The van der Waals surface area contributed by atoms with Crippen LogP contribution in [-0.4, -0.2) is 41.3 Å². The van der Waals surface area contributed by atoms with Crippen molar-refractivity contribution >= 4 is 32.7 Å². The molecule has 0 spiro atoms. The second kappa shape index (κ2) is 8.91. The number of carbonyl (C=O) groups is 1. The quantitative estimate of drug-likeness (QED) is 0.614. The van der Waals surface area contributed by atoms with Crippen molar-refractivity contribution in [2.45, 2.75) is 63.3 Å². The third-order valence-electron chi connectivity index (χ3n) is 6.77. The number of anilines is 1. The molecule has 3 heterocycles. The van der Waals surface area contributed by atoms with Crippen LogP contribution < -0.4 is 5.32 Å². The molecule has 1 amide bonds. The molecule has 7 nitrogen and oxygen atoms in total. The molecule has 1 fully saturated rings. The Morgan fingerprint density at radius 2 is 1.70 bits per heavy atom. The van der Waals surface area contributed by atoms with Crippen molar-refractivity contribution in [3.63, 3.8) is 0 Å². The van der Waals surface area contributed by atoms with Crippen LogP contribution in [0.4, 0.5) is 5.69 Å². The number of sulfonamides is 1. The van der Waals surface area contributed by atoms with Gasteiger partial charge in [-0.1, -0.05) is 18.9 Å². The summed E-state index contributed by atoms with van der Waals surface area (Å²) in [5, 5.41) is 2.95. The standard InChI is InChI=1S/C25H30N4O3S/c1-18-9-11-20(33(31,32)28-13-5-3-6-14-28)17-21(18)25(30)26-19-10-12-23-22(16-19)27-24-8-4-2-7-15-29(23)24/h9-12,16-17H,2-8,13-15H2,1H3,(H,26,30). The Morgan fingerprint density at radius 1 is 0.939 bits per heavy atom. The first kappa shape index (κ1) is 22.1. The molecule has 8 heteroatoms. The highest BCUT2D eigenvalue weighted by atomic mass is 32.2. The van der Waals surface area contributed by atoms with Crippen LogP contribution in [0.3, 0.4) is 0 Å². The van der Waals surface area contributed by atoms with Crippen molar-refractivity contribution in [2.24, 2.45) is 0 Å². The molecule has 0 radical (unpaired) electrons. The number of nitrogens with one attached hydrogen (secondary N) is 1. The summed E-state index contributed by atoms with van der Waals surface area (Å²) in [6, 6.07) is 10.6. The van der Waals surface area contributed by atoms with Crippen LogP contribution in [0.1, 0.15) is 60.3 Å². The van der Waals surface area contributed by atoms with Crippen molar-refractivity contribution < 1.29 is 13.2 Å². The van der Waals surface area contributed by atoms with Crippen LogP contribution in [0, 0.1) is 6.92 Å². The Balaban J connectivity index is 1.40. The van der Waals surface area contributed by atoms with Gasteiger partial charge in [-0.3, -0.25) is 4.79 Å². The van der Waals surface area contributed by atoms with Crippen molar-refractivity contribution in [1.29, 1.82) is 0 Å². The second-order valence-corrected chi connectivity index (χ2v) is 11.0. The number of piperidine rings is 1. The van der Waals surface area contributed by atoms with Crippen LogP contribution in [0.2, 0.25) is 0 Å². The Labute approximate surface area is 194 Å². The second-order valence-electron chi connectivity index (χ2n) is 9.09. The monoisotopic (exact) mass is 466 g/mol. The summed E-state index contributed by atoms with van der Waals surface area (Å²) in [6.45, 7) is 3.87. The van der Waals surface area contributed by atoms with Gasteiger partial charge in [0.1, 0.15) is 5.82 Å². The van der Waals surface area contributed by atoms with Crippen LogP contribution >= 0.6 is 0 Å². The molecule has 5 rings (SSSR count). The first-order valence-electron chi connectivity index (χ1n) is 11.8. The molecule has 2 aromatic carbocycles. The maximum absolute atomic E-state index is 13.1. The number of hydrogen-bond donors (Lipinski definition) is 1. The van der Waals surface area contributed by atoms with E-state index in [2.05, 4.69) is 9.88 Å². The van der Waals surface area contributed by atoms with Gasteiger partial charge in [-0.05, 0) is 68.5 Å². The van der Waals surface area contributed by atoms with E-state index in [1.165, 1.54) is 16.8 Å². The highest BCUT2D eigenvalue weighted by molar-refractivity contribution is 7.89. The summed E-state index contributed by atoms with van der Waals surface area (Å²) in [5.74, 6) is 0.792. The summed E-state index contributed by atoms with van der Waals surface area (Å²) in [7, 11) is -3.60. The molecule has 33 heavy (non-hydrogen) atoms. The molecule has 3 aromatic rings. The molecule has 1 saturated heterocycles. The maximum Gasteiger partial charge on any atom is 0.255 e. The predicted molar refractivity (Wildman–Crippen MR) is 129 cm³/mol. The van der Waals surface area contributed by atoms with Gasteiger partial charge >= 0.3 is 0 Å². The zero-order valence-corrected chi connectivity index (χ0v) is 19.8. The molecule has 1 N–H and O–H groups in total. The van der Waals surface area contributed by atoms with Gasteiger partial charge in [0.25, 0.3) is 5.91 Å². The number of rotatable bonds is 4. The predicted octanol–water partition coefficient (Wildman–Crippen LogP) is 4.50. The number of fused-ring (bicyclic) bond motifs is 3. The lowest BCUT2D eigenvalue weighted by Gasteiger charge is -2.26. The fourth-order valence-corrected chi connectivity index (χ4v) is 6.43. The summed E-state index contributed by atoms with van der Waals surface area (Å²) >= 11 is 0. The minimum Gasteiger partial charge on any atom is -0.328 e. The Kier molecular flexibility index (Phi) is 5.97. The lowest BCUT2D eigenvalue weighted by Crippen LogP contribution is -2.35. The smallest absolute Gasteiger partial charge is 0.255 e.